The number of rotatable bonds is 16. The van der Waals surface area contributed by atoms with E-state index < -0.39 is 0 Å². The molecule has 0 radical (unpaired) electrons. The zero-order valence-electron chi connectivity index (χ0n) is 15.1. The zero-order valence-corrected chi connectivity index (χ0v) is 15.1. The number of epoxide rings is 1. The standard InChI is InChI=1S/C20H37NO2/c1-2-18-19(23-18)16-14-12-10-8-6-4-3-5-7-9-11-13-15-17-20(21)22/h12,14,18-19H,2-11,13,15-17H2,1H3,(H2,21,22)/b14-12-/t18-,19+/m1/s1. The first-order valence-electron chi connectivity index (χ1n) is 9.82. The van der Waals surface area contributed by atoms with Crippen LogP contribution in [0.2, 0.25) is 0 Å². The van der Waals surface area contributed by atoms with E-state index in [1.54, 1.807) is 0 Å². The number of nitrogens with two attached hydrogens (primary N) is 1. The van der Waals surface area contributed by atoms with Gasteiger partial charge in [-0.2, -0.15) is 0 Å². The number of unbranched alkanes of at least 4 members (excludes halogenated alkanes) is 10. The van der Waals surface area contributed by atoms with Crippen LogP contribution in [0.1, 0.15) is 96.8 Å². The molecule has 2 atom stereocenters. The normalized spacial score (nSPS) is 20.2. The average molecular weight is 324 g/mol. The third kappa shape index (κ3) is 12.3. The van der Waals surface area contributed by atoms with Crippen molar-refractivity contribution in [3.8, 4) is 0 Å². The SMILES string of the molecule is CC[C@H]1O[C@H]1C/C=C\CCCCCCCCCCCCC(N)=O. The fourth-order valence-corrected chi connectivity index (χ4v) is 3.07. The van der Waals surface area contributed by atoms with Gasteiger partial charge in [0.05, 0.1) is 12.2 Å². The lowest BCUT2D eigenvalue weighted by Gasteiger charge is -2.02. The lowest BCUT2D eigenvalue weighted by Crippen LogP contribution is -2.09. The van der Waals surface area contributed by atoms with E-state index in [-0.39, 0.29) is 5.91 Å². The van der Waals surface area contributed by atoms with Crippen LogP contribution < -0.4 is 5.73 Å². The van der Waals surface area contributed by atoms with E-state index in [9.17, 15) is 4.79 Å². The van der Waals surface area contributed by atoms with Crippen molar-refractivity contribution in [1.82, 2.24) is 0 Å². The highest BCUT2D eigenvalue weighted by Gasteiger charge is 2.35. The molecule has 0 unspecified atom stereocenters. The van der Waals surface area contributed by atoms with Crippen LogP contribution in [-0.4, -0.2) is 18.1 Å². The number of hydrogen-bond acceptors (Lipinski definition) is 2. The number of primary amides is 1. The third-order valence-electron chi connectivity index (χ3n) is 4.67. The van der Waals surface area contributed by atoms with Gasteiger partial charge in [0.1, 0.15) is 0 Å². The number of ether oxygens (including phenoxy) is 1. The van der Waals surface area contributed by atoms with Gasteiger partial charge in [-0.05, 0) is 32.1 Å². The highest BCUT2D eigenvalue weighted by molar-refractivity contribution is 5.73. The molecule has 1 aliphatic rings. The summed E-state index contributed by atoms with van der Waals surface area (Å²) in [5.74, 6) is -0.161. The molecule has 23 heavy (non-hydrogen) atoms. The Bertz CT molecular complexity index is 328. The van der Waals surface area contributed by atoms with Crippen LogP contribution in [0, 0.1) is 0 Å². The Morgan fingerprint density at radius 1 is 0.870 bits per heavy atom. The van der Waals surface area contributed by atoms with Gasteiger partial charge in [0, 0.05) is 6.42 Å². The third-order valence-corrected chi connectivity index (χ3v) is 4.67. The van der Waals surface area contributed by atoms with Crippen molar-refractivity contribution in [2.75, 3.05) is 0 Å². The Morgan fingerprint density at radius 3 is 1.96 bits per heavy atom. The number of carbonyl (C=O) groups is 1. The van der Waals surface area contributed by atoms with Crippen molar-refractivity contribution in [3.05, 3.63) is 12.2 Å². The Balaban J connectivity index is 1.70. The Kier molecular flexibility index (Phi) is 11.9. The lowest BCUT2D eigenvalue weighted by atomic mass is 10.0. The summed E-state index contributed by atoms with van der Waals surface area (Å²) >= 11 is 0. The van der Waals surface area contributed by atoms with Crippen LogP contribution in [0.25, 0.3) is 0 Å². The topological polar surface area (TPSA) is 55.6 Å². The predicted octanol–water partition coefficient (Wildman–Crippen LogP) is 5.28. The second-order valence-electron chi connectivity index (χ2n) is 6.87. The van der Waals surface area contributed by atoms with Gasteiger partial charge in [0.25, 0.3) is 0 Å². The smallest absolute Gasteiger partial charge is 0.217 e. The molecule has 1 aliphatic heterocycles. The summed E-state index contributed by atoms with van der Waals surface area (Å²) in [6.45, 7) is 2.19. The minimum Gasteiger partial charge on any atom is -0.370 e. The van der Waals surface area contributed by atoms with Gasteiger partial charge in [-0.1, -0.05) is 70.4 Å². The monoisotopic (exact) mass is 323 g/mol. The molecule has 0 bridgehead atoms. The van der Waals surface area contributed by atoms with Gasteiger partial charge in [0.2, 0.25) is 5.91 Å². The maximum absolute atomic E-state index is 10.6. The molecule has 0 saturated carbocycles. The van der Waals surface area contributed by atoms with Crippen LogP contribution in [0.15, 0.2) is 12.2 Å². The molecule has 0 aromatic rings. The van der Waals surface area contributed by atoms with Crippen molar-refractivity contribution in [2.45, 2.75) is 109 Å². The number of amides is 1. The van der Waals surface area contributed by atoms with Crippen molar-refractivity contribution < 1.29 is 9.53 Å². The highest BCUT2D eigenvalue weighted by Crippen LogP contribution is 2.28. The molecule has 1 amide bonds. The molecule has 1 rings (SSSR count). The van der Waals surface area contributed by atoms with Crippen LogP contribution in [-0.2, 0) is 9.53 Å². The maximum atomic E-state index is 10.6. The molecule has 1 heterocycles. The molecule has 3 heteroatoms. The first-order valence-corrected chi connectivity index (χ1v) is 9.82. The Morgan fingerprint density at radius 2 is 1.43 bits per heavy atom. The molecule has 0 aliphatic carbocycles. The molecular formula is C20H37NO2. The fourth-order valence-electron chi connectivity index (χ4n) is 3.07. The van der Waals surface area contributed by atoms with Crippen LogP contribution in [0.4, 0.5) is 0 Å². The quantitative estimate of drug-likeness (QED) is 0.239. The van der Waals surface area contributed by atoms with Crippen molar-refractivity contribution >= 4 is 5.91 Å². The van der Waals surface area contributed by atoms with Gasteiger partial charge >= 0.3 is 0 Å². The first-order chi connectivity index (χ1) is 11.2. The summed E-state index contributed by atoms with van der Waals surface area (Å²) in [6.07, 6.45) is 22.6. The molecule has 0 aromatic carbocycles. The summed E-state index contributed by atoms with van der Waals surface area (Å²) in [7, 11) is 0. The number of carbonyl (C=O) groups excluding carboxylic acids is 1. The van der Waals surface area contributed by atoms with Gasteiger partial charge in [-0.15, -0.1) is 0 Å². The lowest BCUT2D eigenvalue weighted by molar-refractivity contribution is -0.118. The van der Waals surface area contributed by atoms with E-state index >= 15 is 0 Å². The first kappa shape index (κ1) is 20.2. The highest BCUT2D eigenvalue weighted by atomic mass is 16.6. The van der Waals surface area contributed by atoms with Gasteiger partial charge in [0.15, 0.2) is 0 Å². The Labute approximate surface area is 143 Å². The number of hydrogen-bond donors (Lipinski definition) is 1. The minimum absolute atomic E-state index is 0.161. The van der Waals surface area contributed by atoms with E-state index in [2.05, 4.69) is 19.1 Å². The maximum Gasteiger partial charge on any atom is 0.217 e. The van der Waals surface area contributed by atoms with Gasteiger partial charge < -0.3 is 10.5 Å². The van der Waals surface area contributed by atoms with E-state index in [4.69, 9.17) is 10.5 Å². The van der Waals surface area contributed by atoms with Gasteiger partial charge in [-0.3, -0.25) is 4.79 Å². The van der Waals surface area contributed by atoms with Crippen LogP contribution in [0.3, 0.4) is 0 Å². The molecule has 0 aromatic heterocycles. The van der Waals surface area contributed by atoms with Crippen molar-refractivity contribution in [1.29, 1.82) is 0 Å². The summed E-state index contributed by atoms with van der Waals surface area (Å²) in [5, 5.41) is 0. The summed E-state index contributed by atoms with van der Waals surface area (Å²) in [5.41, 5.74) is 5.12. The second kappa shape index (κ2) is 13.6. The van der Waals surface area contributed by atoms with Crippen LogP contribution in [0.5, 0.6) is 0 Å². The van der Waals surface area contributed by atoms with Crippen LogP contribution >= 0.6 is 0 Å². The minimum atomic E-state index is -0.161. The average Bonchev–Trinajstić information content (AvgIpc) is 3.29. The molecule has 1 saturated heterocycles. The Hall–Kier alpha value is -0.830. The second-order valence-corrected chi connectivity index (χ2v) is 6.87. The van der Waals surface area contributed by atoms with Crippen molar-refractivity contribution in [3.63, 3.8) is 0 Å². The van der Waals surface area contributed by atoms with Crippen molar-refractivity contribution in [2.24, 2.45) is 5.73 Å². The summed E-state index contributed by atoms with van der Waals surface area (Å²) in [6, 6.07) is 0. The summed E-state index contributed by atoms with van der Waals surface area (Å²) < 4.78 is 5.52. The van der Waals surface area contributed by atoms with E-state index in [1.165, 1.54) is 57.8 Å². The van der Waals surface area contributed by atoms with Gasteiger partial charge in [-0.25, -0.2) is 0 Å². The molecule has 1 fully saturated rings. The number of allylic oxidation sites excluding steroid dienone is 1. The van der Waals surface area contributed by atoms with E-state index in [1.807, 2.05) is 0 Å². The van der Waals surface area contributed by atoms with E-state index in [0.29, 0.717) is 18.6 Å². The molecule has 3 nitrogen and oxygen atoms in total. The molecular weight excluding hydrogens is 286 g/mol. The predicted molar refractivity (Wildman–Crippen MR) is 97.3 cm³/mol. The molecule has 0 spiro atoms. The molecule has 2 N–H and O–H groups in total. The zero-order chi connectivity index (χ0) is 16.8. The molecule has 134 valence electrons. The van der Waals surface area contributed by atoms with E-state index in [0.717, 1.165) is 25.7 Å². The largest absolute Gasteiger partial charge is 0.370 e. The summed E-state index contributed by atoms with van der Waals surface area (Å²) in [4.78, 5) is 10.6. The fraction of sp³-hybridized carbons (Fsp3) is 0.850.